The highest BCUT2D eigenvalue weighted by Crippen LogP contribution is 2.22. The van der Waals surface area contributed by atoms with Crippen molar-refractivity contribution in [3.63, 3.8) is 0 Å². The summed E-state index contributed by atoms with van der Waals surface area (Å²) in [6, 6.07) is 6.21. The van der Waals surface area contributed by atoms with Gasteiger partial charge in [0.1, 0.15) is 5.71 Å². The van der Waals surface area contributed by atoms with Gasteiger partial charge < -0.3 is 9.64 Å². The largest absolute Gasteiger partial charge is 0.465 e. The molecular formula is C19H23N3O6S. The molecule has 156 valence electrons. The Morgan fingerprint density at radius 1 is 1.24 bits per heavy atom. The first-order valence-corrected chi connectivity index (χ1v) is 11.0. The monoisotopic (exact) mass is 421 g/mol. The molecule has 3 rings (SSSR count). The first kappa shape index (κ1) is 21.0. The summed E-state index contributed by atoms with van der Waals surface area (Å²) in [5.41, 5.74) is 1.48. The molecule has 0 aliphatic carbocycles. The Balaban J connectivity index is 1.69. The third-order valence-corrected chi connectivity index (χ3v) is 6.75. The second-order valence-electron chi connectivity index (χ2n) is 7.19. The number of esters is 1. The van der Waals surface area contributed by atoms with E-state index in [9.17, 15) is 22.8 Å². The smallest absolute Gasteiger partial charge is 0.337 e. The fourth-order valence-corrected chi connectivity index (χ4v) is 5.10. The first-order valence-electron chi connectivity index (χ1n) is 9.23. The van der Waals surface area contributed by atoms with Crippen LogP contribution in [0.2, 0.25) is 0 Å². The topological polar surface area (TPSA) is 113 Å². The number of methoxy groups -OCH3 is 1. The molecule has 1 aromatic rings. The minimum absolute atomic E-state index is 0.0295. The third-order valence-electron chi connectivity index (χ3n) is 5.00. The van der Waals surface area contributed by atoms with E-state index in [1.165, 1.54) is 17.0 Å². The molecule has 1 atom stereocenters. The molecule has 0 aromatic heterocycles. The maximum absolute atomic E-state index is 12.8. The molecule has 2 amide bonds. The van der Waals surface area contributed by atoms with Gasteiger partial charge in [-0.2, -0.15) is 5.10 Å². The van der Waals surface area contributed by atoms with Crippen molar-refractivity contribution < 1.29 is 27.5 Å². The standard InChI is InChI=1S/C19H23N3O6S/c1-21(11-13-3-5-14(6-4-13)19(25)28-2)18(24)16-7-8-17(23)22(20-16)15-9-10-29(26,27)12-15/h3-6,15H,7-12H2,1-2H3/t15-/m0/s1. The summed E-state index contributed by atoms with van der Waals surface area (Å²) in [4.78, 5) is 38.0. The van der Waals surface area contributed by atoms with Crippen molar-refractivity contribution in [3.05, 3.63) is 35.4 Å². The van der Waals surface area contributed by atoms with Crippen LogP contribution in [0.1, 0.15) is 35.2 Å². The van der Waals surface area contributed by atoms with Gasteiger partial charge in [-0.3, -0.25) is 9.59 Å². The Bertz CT molecular complexity index is 955. The number of rotatable bonds is 5. The number of ether oxygens (including phenoxy) is 1. The fraction of sp³-hybridized carbons (Fsp3) is 0.474. The van der Waals surface area contributed by atoms with Crippen molar-refractivity contribution in [3.8, 4) is 0 Å². The van der Waals surface area contributed by atoms with Crippen LogP contribution in [0.3, 0.4) is 0 Å². The summed E-state index contributed by atoms with van der Waals surface area (Å²) < 4.78 is 28.1. The summed E-state index contributed by atoms with van der Waals surface area (Å²) in [6.45, 7) is 0.297. The molecule has 0 saturated carbocycles. The number of hydrogen-bond donors (Lipinski definition) is 0. The minimum Gasteiger partial charge on any atom is -0.465 e. The van der Waals surface area contributed by atoms with Gasteiger partial charge in [-0.25, -0.2) is 18.2 Å². The van der Waals surface area contributed by atoms with E-state index in [1.54, 1.807) is 31.3 Å². The number of nitrogens with zero attached hydrogens (tertiary/aromatic N) is 3. The van der Waals surface area contributed by atoms with Gasteiger partial charge in [-0.05, 0) is 24.1 Å². The normalized spacial score (nSPS) is 20.9. The molecule has 0 radical (unpaired) electrons. The minimum atomic E-state index is -3.17. The summed E-state index contributed by atoms with van der Waals surface area (Å²) in [7, 11) is -0.233. The van der Waals surface area contributed by atoms with Crippen LogP contribution in [-0.4, -0.2) is 73.5 Å². The van der Waals surface area contributed by atoms with E-state index >= 15 is 0 Å². The zero-order chi connectivity index (χ0) is 21.2. The van der Waals surface area contributed by atoms with Crippen molar-refractivity contribution in [2.45, 2.75) is 31.8 Å². The molecule has 1 fully saturated rings. The van der Waals surface area contributed by atoms with Gasteiger partial charge in [0.25, 0.3) is 5.91 Å². The van der Waals surface area contributed by atoms with Crippen LogP contribution in [0.15, 0.2) is 29.4 Å². The van der Waals surface area contributed by atoms with Gasteiger partial charge >= 0.3 is 5.97 Å². The lowest BCUT2D eigenvalue weighted by molar-refractivity contribution is -0.134. The first-order chi connectivity index (χ1) is 13.7. The van der Waals surface area contributed by atoms with Crippen molar-refractivity contribution in [1.29, 1.82) is 0 Å². The Morgan fingerprint density at radius 2 is 1.93 bits per heavy atom. The molecular weight excluding hydrogens is 398 g/mol. The Hall–Kier alpha value is -2.75. The van der Waals surface area contributed by atoms with E-state index in [0.717, 1.165) is 5.56 Å². The van der Waals surface area contributed by atoms with Crippen molar-refractivity contribution in [1.82, 2.24) is 9.91 Å². The number of amides is 2. The maximum atomic E-state index is 12.8. The van der Waals surface area contributed by atoms with Gasteiger partial charge in [-0.1, -0.05) is 12.1 Å². The van der Waals surface area contributed by atoms with E-state index in [4.69, 9.17) is 0 Å². The summed E-state index contributed by atoms with van der Waals surface area (Å²) in [5.74, 6) is -1.10. The van der Waals surface area contributed by atoms with Crippen LogP contribution in [0.4, 0.5) is 0 Å². The number of sulfone groups is 1. The third kappa shape index (κ3) is 4.81. The lowest BCUT2D eigenvalue weighted by Crippen LogP contribution is -2.44. The van der Waals surface area contributed by atoms with E-state index in [-0.39, 0.29) is 41.9 Å². The van der Waals surface area contributed by atoms with Gasteiger partial charge in [0.2, 0.25) is 5.91 Å². The van der Waals surface area contributed by atoms with Crippen molar-refractivity contribution >= 4 is 33.3 Å². The molecule has 0 N–H and O–H groups in total. The van der Waals surface area contributed by atoms with E-state index < -0.39 is 21.8 Å². The average Bonchev–Trinajstić information content (AvgIpc) is 3.07. The molecule has 0 bridgehead atoms. The highest BCUT2D eigenvalue weighted by molar-refractivity contribution is 7.91. The Morgan fingerprint density at radius 3 is 2.52 bits per heavy atom. The molecule has 29 heavy (non-hydrogen) atoms. The molecule has 2 heterocycles. The average molecular weight is 421 g/mol. The molecule has 0 spiro atoms. The number of hydrogen-bond acceptors (Lipinski definition) is 7. The lowest BCUT2D eigenvalue weighted by atomic mass is 10.1. The zero-order valence-electron chi connectivity index (χ0n) is 16.3. The molecule has 0 unspecified atom stereocenters. The lowest BCUT2D eigenvalue weighted by Gasteiger charge is -2.29. The fourth-order valence-electron chi connectivity index (χ4n) is 3.41. The predicted octanol–water partition coefficient (Wildman–Crippen LogP) is 0.597. The van der Waals surface area contributed by atoms with Gasteiger partial charge in [0.15, 0.2) is 9.84 Å². The number of carbonyl (C=O) groups excluding carboxylic acids is 3. The van der Waals surface area contributed by atoms with Crippen LogP contribution in [-0.2, 0) is 30.7 Å². The second kappa shape index (κ2) is 8.32. The van der Waals surface area contributed by atoms with Crippen LogP contribution in [0.25, 0.3) is 0 Å². The Kier molecular flexibility index (Phi) is 6.02. The molecule has 1 aromatic carbocycles. The SMILES string of the molecule is COC(=O)c1ccc(CN(C)C(=O)C2=NN([C@H]3CCS(=O)(=O)C3)C(=O)CC2)cc1. The number of benzene rings is 1. The van der Waals surface area contributed by atoms with Crippen molar-refractivity contribution in [2.75, 3.05) is 25.7 Å². The van der Waals surface area contributed by atoms with Crippen LogP contribution < -0.4 is 0 Å². The second-order valence-corrected chi connectivity index (χ2v) is 9.42. The number of carbonyl (C=O) groups is 3. The van der Waals surface area contributed by atoms with Crippen LogP contribution in [0.5, 0.6) is 0 Å². The van der Waals surface area contributed by atoms with Crippen LogP contribution >= 0.6 is 0 Å². The summed E-state index contributed by atoms with van der Waals surface area (Å²) in [5, 5.41) is 5.39. The molecule has 2 aliphatic rings. The van der Waals surface area contributed by atoms with Crippen molar-refractivity contribution in [2.24, 2.45) is 5.10 Å². The van der Waals surface area contributed by atoms with E-state index in [0.29, 0.717) is 18.5 Å². The summed E-state index contributed by atoms with van der Waals surface area (Å²) >= 11 is 0. The molecule has 1 saturated heterocycles. The number of hydrazone groups is 1. The maximum Gasteiger partial charge on any atom is 0.337 e. The van der Waals surface area contributed by atoms with Crippen LogP contribution in [0, 0.1) is 0 Å². The van der Waals surface area contributed by atoms with E-state index in [1.807, 2.05) is 0 Å². The molecule has 2 aliphatic heterocycles. The quantitative estimate of drug-likeness (QED) is 0.643. The molecule has 10 heteroatoms. The zero-order valence-corrected chi connectivity index (χ0v) is 17.1. The Labute approximate surface area is 169 Å². The highest BCUT2D eigenvalue weighted by atomic mass is 32.2. The van der Waals surface area contributed by atoms with Gasteiger partial charge in [0, 0.05) is 26.4 Å². The van der Waals surface area contributed by atoms with Gasteiger partial charge in [0.05, 0.1) is 30.2 Å². The van der Waals surface area contributed by atoms with Gasteiger partial charge in [-0.15, -0.1) is 0 Å². The summed E-state index contributed by atoms with van der Waals surface area (Å²) in [6.07, 6.45) is 0.684. The molecule has 9 nitrogen and oxygen atoms in total. The van der Waals surface area contributed by atoms with E-state index in [2.05, 4.69) is 9.84 Å². The predicted molar refractivity (Wildman–Crippen MR) is 105 cm³/mol. The highest BCUT2D eigenvalue weighted by Gasteiger charge is 2.37.